The SMILES string of the molecule is [C-]#[N+]c1cccc(-c2ccc(-n3c4ccccc4c4cc(-c5nc(-c6ccccc6)nc(-c6ccccc6)n5)ccc43)c(C(F)(F)F)c2-n2c3ccccc3c3cc(-c4nc(-c5ccccc5)nc(-c5ccccc5)n4)ccc32)c1. The van der Waals surface area contributed by atoms with Crippen LogP contribution in [0.4, 0.5) is 18.9 Å². The van der Waals surface area contributed by atoms with Gasteiger partial charge in [-0.2, -0.15) is 13.2 Å². The highest BCUT2D eigenvalue weighted by atomic mass is 19.4. The van der Waals surface area contributed by atoms with Crippen molar-refractivity contribution >= 4 is 49.3 Å². The van der Waals surface area contributed by atoms with Crippen molar-refractivity contribution in [1.82, 2.24) is 39.0 Å². The Kier molecular flexibility index (Phi) is 11.5. The molecule has 0 saturated carbocycles. The molecule has 14 aromatic rings. The Morgan fingerprint density at radius 2 is 0.700 bits per heavy atom. The van der Waals surface area contributed by atoms with Gasteiger partial charge in [0.1, 0.15) is 5.56 Å². The van der Waals surface area contributed by atoms with Crippen LogP contribution in [0.2, 0.25) is 0 Å². The fourth-order valence-corrected chi connectivity index (χ4v) is 10.9. The van der Waals surface area contributed by atoms with Crippen LogP contribution in [-0.4, -0.2) is 39.0 Å². The van der Waals surface area contributed by atoms with E-state index in [0.717, 1.165) is 33.0 Å². The fourth-order valence-electron chi connectivity index (χ4n) is 10.9. The van der Waals surface area contributed by atoms with Gasteiger partial charge in [-0.15, -0.1) is 0 Å². The molecule has 0 aliphatic heterocycles. The fraction of sp³-hybridized carbons (Fsp3) is 0.0147. The molecule has 0 aliphatic rings. The molecule has 0 radical (unpaired) electrons. The first-order valence-corrected chi connectivity index (χ1v) is 25.8. The third-order valence-corrected chi connectivity index (χ3v) is 14.5. The molecular weight excluding hydrogens is 1000 g/mol. The lowest BCUT2D eigenvalue weighted by Crippen LogP contribution is -2.16. The van der Waals surface area contributed by atoms with E-state index in [9.17, 15) is 0 Å². The zero-order valence-corrected chi connectivity index (χ0v) is 42.3. The molecule has 12 heteroatoms. The topological polar surface area (TPSA) is 91.6 Å². The van der Waals surface area contributed by atoms with E-state index in [1.807, 2.05) is 206 Å². The zero-order valence-electron chi connectivity index (χ0n) is 42.3. The number of alkyl halides is 3. The van der Waals surface area contributed by atoms with Crippen molar-refractivity contribution in [3.05, 3.63) is 260 Å². The third kappa shape index (κ3) is 8.29. The van der Waals surface area contributed by atoms with Crippen LogP contribution in [0.25, 0.3) is 139 Å². The molecule has 0 N–H and O–H groups in total. The highest BCUT2D eigenvalue weighted by Crippen LogP contribution is 2.48. The first-order chi connectivity index (χ1) is 39.3. The van der Waals surface area contributed by atoms with Crippen LogP contribution in [0.15, 0.2) is 243 Å². The Balaban J connectivity index is 1.01. The lowest BCUT2D eigenvalue weighted by Gasteiger charge is -2.24. The van der Waals surface area contributed by atoms with Gasteiger partial charge in [-0.05, 0) is 66.2 Å². The predicted molar refractivity (Wildman–Crippen MR) is 311 cm³/mol. The number of nitrogens with zero attached hydrogens (tertiary/aromatic N) is 9. The molecule has 0 amide bonds. The largest absolute Gasteiger partial charge is 0.420 e. The first kappa shape index (κ1) is 47.5. The standard InChI is InChI=1S/C68H40F3N9/c1-72-49-28-18-27-46(39-49)50-35-38-59(79-55-31-16-14-29-51(55)53-40-47(33-36-57(53)79)66-75-62(42-19-6-2-7-20-42)73-63(76-66)43-21-8-3-9-22-43)60(68(69,70)71)61(50)80-56-32-17-15-30-52(56)54-41-48(34-37-58(54)80)67-77-64(44-23-10-4-11-24-44)74-65(78-67)45-25-12-5-13-26-45/h2-41H. The Morgan fingerprint density at radius 3 is 1.14 bits per heavy atom. The lowest BCUT2D eigenvalue weighted by molar-refractivity contribution is -0.137. The van der Waals surface area contributed by atoms with Crippen LogP contribution >= 0.6 is 0 Å². The summed E-state index contributed by atoms with van der Waals surface area (Å²) in [5.74, 6) is 2.77. The minimum absolute atomic E-state index is 0.0796. The summed E-state index contributed by atoms with van der Waals surface area (Å²) in [5, 5.41) is 2.85. The molecule has 10 aromatic carbocycles. The van der Waals surface area contributed by atoms with Crippen molar-refractivity contribution in [1.29, 1.82) is 0 Å². The minimum Gasteiger partial charge on any atom is -0.309 e. The van der Waals surface area contributed by atoms with E-state index >= 15 is 13.2 Å². The second-order valence-electron chi connectivity index (χ2n) is 19.3. The number of para-hydroxylation sites is 2. The van der Waals surface area contributed by atoms with Crippen molar-refractivity contribution in [2.45, 2.75) is 6.18 Å². The van der Waals surface area contributed by atoms with Gasteiger partial charge in [0, 0.05) is 60.5 Å². The van der Waals surface area contributed by atoms with Gasteiger partial charge in [-0.3, -0.25) is 0 Å². The molecule has 0 bridgehead atoms. The van der Waals surface area contributed by atoms with Gasteiger partial charge in [0.2, 0.25) is 0 Å². The van der Waals surface area contributed by atoms with Gasteiger partial charge in [-0.1, -0.05) is 182 Å². The van der Waals surface area contributed by atoms with E-state index in [4.69, 9.17) is 36.5 Å². The molecule has 4 heterocycles. The number of halogens is 3. The van der Waals surface area contributed by atoms with Crippen LogP contribution in [0.3, 0.4) is 0 Å². The molecule has 0 spiro atoms. The molecule has 9 nitrogen and oxygen atoms in total. The Morgan fingerprint density at radius 1 is 0.325 bits per heavy atom. The Hall–Kier alpha value is -10.9. The molecular formula is C68H40F3N9. The van der Waals surface area contributed by atoms with Crippen molar-refractivity contribution in [2.75, 3.05) is 0 Å². The second-order valence-corrected chi connectivity index (χ2v) is 19.3. The van der Waals surface area contributed by atoms with Gasteiger partial charge in [0.15, 0.2) is 40.6 Å². The molecule has 4 aromatic heterocycles. The van der Waals surface area contributed by atoms with E-state index in [1.165, 1.54) is 0 Å². The summed E-state index contributed by atoms with van der Waals surface area (Å²) in [7, 11) is 0. The number of fused-ring (bicyclic) bond motifs is 6. The third-order valence-electron chi connectivity index (χ3n) is 14.5. The van der Waals surface area contributed by atoms with E-state index in [0.29, 0.717) is 90.2 Å². The zero-order chi connectivity index (χ0) is 53.9. The summed E-state index contributed by atoms with van der Waals surface area (Å²) in [6.07, 6.45) is -4.94. The van der Waals surface area contributed by atoms with Gasteiger partial charge in [0.05, 0.1) is 40.0 Å². The van der Waals surface area contributed by atoms with E-state index < -0.39 is 11.7 Å². The highest BCUT2D eigenvalue weighted by Gasteiger charge is 2.40. The molecule has 80 heavy (non-hydrogen) atoms. The summed E-state index contributed by atoms with van der Waals surface area (Å²) in [5.41, 5.74) is 6.74. The number of hydrogen-bond donors (Lipinski definition) is 0. The van der Waals surface area contributed by atoms with Crippen molar-refractivity contribution in [2.24, 2.45) is 0 Å². The maximum atomic E-state index is 17.1. The molecule has 0 saturated heterocycles. The van der Waals surface area contributed by atoms with E-state index in [-0.39, 0.29) is 16.9 Å². The monoisotopic (exact) mass is 1040 g/mol. The van der Waals surface area contributed by atoms with Gasteiger partial charge in [-0.25, -0.2) is 34.7 Å². The summed E-state index contributed by atoms with van der Waals surface area (Å²) in [4.78, 5) is 33.4. The maximum Gasteiger partial charge on any atom is 0.420 e. The molecule has 14 rings (SSSR count). The van der Waals surface area contributed by atoms with Crippen molar-refractivity contribution < 1.29 is 13.2 Å². The van der Waals surface area contributed by atoms with Crippen LogP contribution in [-0.2, 0) is 6.18 Å². The number of rotatable bonds is 9. The quantitative estimate of drug-likeness (QED) is 0.134. The summed E-state index contributed by atoms with van der Waals surface area (Å²) < 4.78 is 54.7. The minimum atomic E-state index is -4.94. The molecule has 0 unspecified atom stereocenters. The first-order valence-electron chi connectivity index (χ1n) is 25.8. The maximum absolute atomic E-state index is 17.1. The molecule has 0 aliphatic carbocycles. The second kappa shape index (κ2) is 19.3. The normalized spacial score (nSPS) is 11.7. The summed E-state index contributed by atoms with van der Waals surface area (Å²) >= 11 is 0. The van der Waals surface area contributed by atoms with Crippen LogP contribution < -0.4 is 0 Å². The van der Waals surface area contributed by atoms with Gasteiger partial charge in [0.25, 0.3) is 0 Å². The Bertz CT molecular complexity index is 4650. The van der Waals surface area contributed by atoms with Crippen LogP contribution in [0.1, 0.15) is 5.56 Å². The lowest BCUT2D eigenvalue weighted by atomic mass is 9.96. The molecule has 0 atom stereocenters. The molecule has 378 valence electrons. The van der Waals surface area contributed by atoms with E-state index in [1.54, 1.807) is 45.5 Å². The highest BCUT2D eigenvalue weighted by molar-refractivity contribution is 6.13. The van der Waals surface area contributed by atoms with Crippen molar-refractivity contribution in [3.8, 4) is 90.8 Å². The smallest absolute Gasteiger partial charge is 0.309 e. The molecule has 0 fully saturated rings. The summed E-state index contributed by atoms with van der Waals surface area (Å²) in [6, 6.07) is 75.1. The summed E-state index contributed by atoms with van der Waals surface area (Å²) in [6.45, 7) is 7.93. The van der Waals surface area contributed by atoms with Gasteiger partial charge < -0.3 is 9.13 Å². The average Bonchev–Trinajstić information content (AvgIpc) is 4.17. The Labute approximate surface area is 456 Å². The van der Waals surface area contributed by atoms with Gasteiger partial charge >= 0.3 is 6.18 Å². The number of aromatic nitrogens is 8. The van der Waals surface area contributed by atoms with E-state index in [2.05, 4.69) is 4.85 Å². The van der Waals surface area contributed by atoms with Crippen LogP contribution in [0, 0.1) is 6.57 Å². The van der Waals surface area contributed by atoms with Crippen molar-refractivity contribution in [3.63, 3.8) is 0 Å². The van der Waals surface area contributed by atoms with Crippen LogP contribution in [0.5, 0.6) is 0 Å². The predicted octanol–water partition coefficient (Wildman–Crippen LogP) is 17.5. The number of hydrogen-bond acceptors (Lipinski definition) is 6. The average molecular weight is 1040 g/mol. The number of benzene rings is 10.